The molecule has 1 amide bonds. The van der Waals surface area contributed by atoms with E-state index in [-0.39, 0.29) is 11.4 Å². The number of nitrogens with zero attached hydrogens (tertiary/aromatic N) is 2. The van der Waals surface area contributed by atoms with E-state index in [0.29, 0.717) is 11.5 Å². The minimum atomic E-state index is -0.572. The van der Waals surface area contributed by atoms with E-state index in [2.05, 4.69) is 10.5 Å². The van der Waals surface area contributed by atoms with Gasteiger partial charge in [0.1, 0.15) is 11.3 Å². The van der Waals surface area contributed by atoms with Gasteiger partial charge in [0.25, 0.3) is 5.91 Å². The lowest BCUT2D eigenvalue weighted by atomic mass is 10.2. The van der Waals surface area contributed by atoms with Gasteiger partial charge in [0.05, 0.1) is 4.92 Å². The van der Waals surface area contributed by atoms with Crippen molar-refractivity contribution in [2.45, 2.75) is 6.92 Å². The van der Waals surface area contributed by atoms with Crippen molar-refractivity contribution in [1.82, 2.24) is 5.43 Å². The van der Waals surface area contributed by atoms with Gasteiger partial charge in [-0.3, -0.25) is 14.9 Å². The molecule has 132 valence electrons. The molecule has 3 rings (SSSR count). The molecule has 2 aromatic carbocycles. The first-order valence-electron chi connectivity index (χ1n) is 7.73. The number of carbonyl (C=O) groups is 1. The lowest BCUT2D eigenvalue weighted by Gasteiger charge is -2.05. The fourth-order valence-electron chi connectivity index (χ4n) is 2.27. The first kappa shape index (κ1) is 17.2. The Labute approximate surface area is 148 Å². The average Bonchev–Trinajstić information content (AvgIpc) is 3.09. The van der Waals surface area contributed by atoms with Crippen LogP contribution in [0.25, 0.3) is 11.0 Å². The summed E-state index contributed by atoms with van der Waals surface area (Å²) in [6, 6.07) is 15.2. The molecule has 0 spiro atoms. The van der Waals surface area contributed by atoms with Crippen molar-refractivity contribution in [3.63, 3.8) is 0 Å². The van der Waals surface area contributed by atoms with E-state index in [1.807, 2.05) is 30.3 Å². The highest BCUT2D eigenvalue weighted by Gasteiger charge is 2.15. The molecule has 1 heterocycles. The molecule has 3 aromatic rings. The Morgan fingerprint density at radius 3 is 2.73 bits per heavy atom. The van der Waals surface area contributed by atoms with E-state index >= 15 is 0 Å². The maximum atomic E-state index is 11.9. The Hall–Kier alpha value is -3.68. The summed E-state index contributed by atoms with van der Waals surface area (Å²) >= 11 is 0. The zero-order valence-corrected chi connectivity index (χ0v) is 13.8. The van der Waals surface area contributed by atoms with Crippen LogP contribution >= 0.6 is 0 Å². The molecule has 1 aromatic heterocycles. The van der Waals surface area contributed by atoms with E-state index in [0.717, 1.165) is 11.0 Å². The molecule has 0 atom stereocenters. The van der Waals surface area contributed by atoms with E-state index in [1.165, 1.54) is 18.2 Å². The maximum absolute atomic E-state index is 11.9. The average molecular weight is 353 g/mol. The summed E-state index contributed by atoms with van der Waals surface area (Å²) < 4.78 is 10.8. The fraction of sp³-hybridized carbons (Fsp3) is 0.111. The molecule has 0 bridgehead atoms. The third kappa shape index (κ3) is 3.86. The Kier molecular flexibility index (Phi) is 4.93. The first-order chi connectivity index (χ1) is 12.5. The molecule has 0 aliphatic heterocycles. The predicted molar refractivity (Wildman–Crippen MR) is 95.2 cm³/mol. The largest absolute Gasteiger partial charge is 0.477 e. The monoisotopic (exact) mass is 353 g/mol. The van der Waals surface area contributed by atoms with Gasteiger partial charge in [0.2, 0.25) is 0 Å². The van der Waals surface area contributed by atoms with Gasteiger partial charge in [-0.15, -0.1) is 0 Å². The van der Waals surface area contributed by atoms with Gasteiger partial charge in [-0.2, -0.15) is 5.10 Å². The number of hydrazone groups is 1. The van der Waals surface area contributed by atoms with Crippen LogP contribution in [0.5, 0.6) is 5.75 Å². The zero-order valence-electron chi connectivity index (χ0n) is 13.8. The lowest BCUT2D eigenvalue weighted by molar-refractivity contribution is -0.385. The molecule has 1 N–H and O–H groups in total. The molecule has 0 fully saturated rings. The van der Waals surface area contributed by atoms with Crippen LogP contribution in [0.1, 0.15) is 12.7 Å². The Balaban J connectivity index is 1.61. The van der Waals surface area contributed by atoms with Crippen molar-refractivity contribution in [2.75, 3.05) is 6.61 Å². The van der Waals surface area contributed by atoms with Crippen molar-refractivity contribution in [1.29, 1.82) is 0 Å². The SMILES string of the molecule is C/C(=N/NC(=O)COc1ccccc1[N+](=O)[O-])c1cc2ccccc2o1. The van der Waals surface area contributed by atoms with Crippen LogP contribution in [0.2, 0.25) is 0 Å². The number of para-hydroxylation sites is 3. The molecular weight excluding hydrogens is 338 g/mol. The third-order valence-corrected chi connectivity index (χ3v) is 3.55. The van der Waals surface area contributed by atoms with Crippen molar-refractivity contribution in [3.05, 3.63) is 70.5 Å². The molecule has 0 unspecified atom stereocenters. The second-order valence-electron chi connectivity index (χ2n) is 5.39. The van der Waals surface area contributed by atoms with Gasteiger partial charge in [0.15, 0.2) is 18.1 Å². The molecule has 0 aliphatic rings. The van der Waals surface area contributed by atoms with Crippen LogP contribution in [-0.4, -0.2) is 23.1 Å². The van der Waals surface area contributed by atoms with Crippen LogP contribution in [0.15, 0.2) is 64.1 Å². The van der Waals surface area contributed by atoms with Gasteiger partial charge >= 0.3 is 5.69 Å². The topological polar surface area (TPSA) is 107 Å². The van der Waals surface area contributed by atoms with E-state index in [9.17, 15) is 14.9 Å². The minimum Gasteiger partial charge on any atom is -0.477 e. The molecule has 0 saturated heterocycles. The fourth-order valence-corrected chi connectivity index (χ4v) is 2.27. The van der Waals surface area contributed by atoms with Gasteiger partial charge in [-0.1, -0.05) is 30.3 Å². The first-order valence-corrected chi connectivity index (χ1v) is 7.73. The molecule has 0 radical (unpaired) electrons. The number of hydrogen-bond acceptors (Lipinski definition) is 6. The number of nitrogens with one attached hydrogen (secondary N) is 1. The number of benzene rings is 2. The number of hydrogen-bond donors (Lipinski definition) is 1. The normalized spacial score (nSPS) is 11.3. The summed E-state index contributed by atoms with van der Waals surface area (Å²) in [5.41, 5.74) is 3.34. The number of fused-ring (bicyclic) bond motifs is 1. The highest BCUT2D eigenvalue weighted by Crippen LogP contribution is 2.25. The van der Waals surface area contributed by atoms with E-state index < -0.39 is 17.4 Å². The van der Waals surface area contributed by atoms with Crippen LogP contribution in [0, 0.1) is 10.1 Å². The predicted octanol–water partition coefficient (Wildman–Crippen LogP) is 3.26. The number of carbonyl (C=O) groups excluding carboxylic acids is 1. The summed E-state index contributed by atoms with van der Waals surface area (Å²) in [5.74, 6) is 0.00960. The molecule has 8 nitrogen and oxygen atoms in total. The highest BCUT2D eigenvalue weighted by molar-refractivity contribution is 6.00. The van der Waals surface area contributed by atoms with Gasteiger partial charge in [-0.05, 0) is 25.1 Å². The van der Waals surface area contributed by atoms with Crippen LogP contribution < -0.4 is 10.2 Å². The molecule has 8 heteroatoms. The van der Waals surface area contributed by atoms with Gasteiger partial charge in [-0.25, -0.2) is 5.43 Å². The van der Waals surface area contributed by atoms with Crippen LogP contribution in [0.4, 0.5) is 5.69 Å². The van der Waals surface area contributed by atoms with Crippen molar-refractivity contribution in [2.24, 2.45) is 5.10 Å². The second-order valence-corrected chi connectivity index (χ2v) is 5.39. The molecule has 26 heavy (non-hydrogen) atoms. The maximum Gasteiger partial charge on any atom is 0.310 e. The Morgan fingerprint density at radius 1 is 1.23 bits per heavy atom. The minimum absolute atomic E-state index is 0.0191. The van der Waals surface area contributed by atoms with Crippen molar-refractivity contribution >= 4 is 28.3 Å². The van der Waals surface area contributed by atoms with Crippen LogP contribution in [-0.2, 0) is 4.79 Å². The quantitative estimate of drug-likeness (QED) is 0.416. The summed E-state index contributed by atoms with van der Waals surface area (Å²) in [6.45, 7) is 1.29. The van der Waals surface area contributed by atoms with Crippen molar-refractivity contribution in [3.8, 4) is 5.75 Å². The lowest BCUT2D eigenvalue weighted by Crippen LogP contribution is -2.25. The smallest absolute Gasteiger partial charge is 0.310 e. The Morgan fingerprint density at radius 2 is 1.96 bits per heavy atom. The van der Waals surface area contributed by atoms with Gasteiger partial charge < -0.3 is 9.15 Å². The summed E-state index contributed by atoms with van der Waals surface area (Å²) in [5, 5.41) is 15.8. The number of furan rings is 1. The van der Waals surface area contributed by atoms with Gasteiger partial charge in [0, 0.05) is 11.5 Å². The van der Waals surface area contributed by atoms with E-state index in [1.54, 1.807) is 13.0 Å². The molecule has 0 aliphatic carbocycles. The number of rotatable bonds is 6. The number of amides is 1. The number of nitro groups is 1. The third-order valence-electron chi connectivity index (χ3n) is 3.55. The van der Waals surface area contributed by atoms with Crippen LogP contribution in [0.3, 0.4) is 0 Å². The number of ether oxygens (including phenoxy) is 1. The summed E-state index contributed by atoms with van der Waals surface area (Å²) in [4.78, 5) is 22.2. The Bertz CT molecular complexity index is 960. The summed E-state index contributed by atoms with van der Waals surface area (Å²) in [6.07, 6.45) is 0. The molecule has 0 saturated carbocycles. The second kappa shape index (κ2) is 7.47. The standard InChI is InChI=1S/C18H15N3O5/c1-12(17-10-13-6-2-4-8-15(13)26-17)19-20-18(22)11-25-16-9-5-3-7-14(16)21(23)24/h2-10H,11H2,1H3,(H,20,22)/b19-12-. The van der Waals surface area contributed by atoms with Crippen molar-refractivity contribution < 1.29 is 18.9 Å². The zero-order chi connectivity index (χ0) is 18.5. The summed E-state index contributed by atoms with van der Waals surface area (Å²) in [7, 11) is 0. The number of nitro benzene ring substituents is 1. The van der Waals surface area contributed by atoms with E-state index in [4.69, 9.17) is 9.15 Å². The highest BCUT2D eigenvalue weighted by atomic mass is 16.6. The molecular formula is C18H15N3O5.